The molecule has 126 valence electrons. The van der Waals surface area contributed by atoms with Gasteiger partial charge in [-0.1, -0.05) is 18.2 Å². The zero-order chi connectivity index (χ0) is 17.4. The Kier molecular flexibility index (Phi) is 4.03. The maximum atomic E-state index is 12.3. The van der Waals surface area contributed by atoms with Gasteiger partial charge in [-0.05, 0) is 41.7 Å². The highest BCUT2D eigenvalue weighted by atomic mass is 16.5. The molecule has 0 spiro atoms. The van der Waals surface area contributed by atoms with Crippen molar-refractivity contribution in [3.63, 3.8) is 0 Å². The second-order valence-corrected chi connectivity index (χ2v) is 6.03. The van der Waals surface area contributed by atoms with Gasteiger partial charge in [0.2, 0.25) is 0 Å². The molecule has 0 aromatic heterocycles. The lowest BCUT2D eigenvalue weighted by Gasteiger charge is -2.14. The normalized spacial score (nSPS) is 15.6. The van der Waals surface area contributed by atoms with E-state index in [1.807, 2.05) is 6.07 Å². The summed E-state index contributed by atoms with van der Waals surface area (Å²) in [6.45, 7) is 1.07. The van der Waals surface area contributed by atoms with Gasteiger partial charge in [-0.15, -0.1) is 0 Å². The third-order valence-electron chi connectivity index (χ3n) is 4.45. The lowest BCUT2D eigenvalue weighted by atomic mass is 9.80. The van der Waals surface area contributed by atoms with Crippen molar-refractivity contribution in [2.75, 3.05) is 13.2 Å². The summed E-state index contributed by atoms with van der Waals surface area (Å²) in [6.07, 6.45) is 0.543. The number of amides is 2. The molecule has 4 rings (SSSR count). The molecule has 2 aromatic carbocycles. The molecule has 2 aliphatic rings. The standard InChI is InChI=1S/C18H16BNO5/c21-17-14-4-1-2-5-15(14)18(22)20(17)8-3-9-24-13-6-7-16-12(10-13)11-25-19(16)23/h1-2,4-7,10,23H,3,8-9,11H2. The number of nitrogens with zero attached hydrogens (tertiary/aromatic N) is 1. The molecular formula is C18H16BNO5. The summed E-state index contributed by atoms with van der Waals surface area (Å²) in [4.78, 5) is 25.8. The van der Waals surface area contributed by atoms with Crippen molar-refractivity contribution >= 4 is 24.4 Å². The monoisotopic (exact) mass is 337 g/mol. The molecule has 2 aromatic rings. The van der Waals surface area contributed by atoms with Gasteiger partial charge in [-0.2, -0.15) is 0 Å². The molecule has 2 amide bonds. The van der Waals surface area contributed by atoms with Crippen LogP contribution < -0.4 is 10.2 Å². The van der Waals surface area contributed by atoms with Crippen molar-refractivity contribution in [3.8, 4) is 5.75 Å². The SMILES string of the molecule is O=C1c2ccccc2C(=O)N1CCCOc1ccc2c(c1)COB2O. The molecule has 0 bridgehead atoms. The fraction of sp³-hybridized carbons (Fsp3) is 0.222. The Labute approximate surface area is 145 Å². The summed E-state index contributed by atoms with van der Waals surface area (Å²) >= 11 is 0. The van der Waals surface area contributed by atoms with Crippen LogP contribution in [0.3, 0.4) is 0 Å². The zero-order valence-electron chi connectivity index (χ0n) is 13.5. The van der Waals surface area contributed by atoms with Crippen LogP contribution in [0, 0.1) is 0 Å². The highest BCUT2D eigenvalue weighted by Gasteiger charge is 2.34. The number of imide groups is 1. The van der Waals surface area contributed by atoms with Crippen LogP contribution in [0.4, 0.5) is 0 Å². The maximum Gasteiger partial charge on any atom is 0.491 e. The van der Waals surface area contributed by atoms with Crippen molar-refractivity contribution in [2.24, 2.45) is 0 Å². The predicted molar refractivity (Wildman–Crippen MR) is 90.8 cm³/mol. The van der Waals surface area contributed by atoms with E-state index in [1.54, 1.807) is 36.4 Å². The van der Waals surface area contributed by atoms with Crippen LogP contribution in [0.2, 0.25) is 0 Å². The summed E-state index contributed by atoms with van der Waals surface area (Å²) in [7, 11) is -0.863. The molecule has 25 heavy (non-hydrogen) atoms. The Balaban J connectivity index is 1.32. The van der Waals surface area contributed by atoms with Gasteiger partial charge in [0.15, 0.2) is 0 Å². The van der Waals surface area contributed by atoms with Crippen LogP contribution in [0.5, 0.6) is 5.75 Å². The van der Waals surface area contributed by atoms with E-state index in [0.29, 0.717) is 43.1 Å². The first-order chi connectivity index (χ1) is 12.1. The minimum atomic E-state index is -0.863. The molecule has 1 N–H and O–H groups in total. The van der Waals surface area contributed by atoms with Gasteiger partial charge in [-0.3, -0.25) is 14.5 Å². The highest BCUT2D eigenvalue weighted by Crippen LogP contribution is 2.22. The molecule has 0 saturated heterocycles. The lowest BCUT2D eigenvalue weighted by Crippen LogP contribution is -2.31. The smallest absolute Gasteiger partial charge is 0.491 e. The van der Waals surface area contributed by atoms with E-state index in [9.17, 15) is 14.6 Å². The first-order valence-corrected chi connectivity index (χ1v) is 8.15. The number of benzene rings is 2. The third-order valence-corrected chi connectivity index (χ3v) is 4.45. The molecule has 0 radical (unpaired) electrons. The van der Waals surface area contributed by atoms with Crippen LogP contribution in [-0.4, -0.2) is 42.0 Å². The van der Waals surface area contributed by atoms with Crippen molar-refractivity contribution < 1.29 is 24.0 Å². The Morgan fingerprint density at radius 2 is 1.84 bits per heavy atom. The number of hydrogen-bond donors (Lipinski definition) is 1. The highest BCUT2D eigenvalue weighted by molar-refractivity contribution is 6.61. The second-order valence-electron chi connectivity index (χ2n) is 6.03. The van der Waals surface area contributed by atoms with E-state index in [-0.39, 0.29) is 11.8 Å². The number of rotatable bonds is 5. The molecule has 6 nitrogen and oxygen atoms in total. The first-order valence-electron chi connectivity index (χ1n) is 8.15. The molecule has 7 heteroatoms. The third kappa shape index (κ3) is 2.81. The molecule has 0 unspecified atom stereocenters. The molecule has 2 heterocycles. The van der Waals surface area contributed by atoms with Crippen LogP contribution in [0.1, 0.15) is 32.7 Å². The van der Waals surface area contributed by atoms with Crippen molar-refractivity contribution in [2.45, 2.75) is 13.0 Å². The molecular weight excluding hydrogens is 321 g/mol. The molecule has 0 saturated carbocycles. The van der Waals surface area contributed by atoms with Crippen LogP contribution >= 0.6 is 0 Å². The largest absolute Gasteiger partial charge is 0.494 e. The number of hydrogen-bond acceptors (Lipinski definition) is 5. The summed E-state index contributed by atoms with van der Waals surface area (Å²) in [5.41, 5.74) is 2.60. The van der Waals surface area contributed by atoms with E-state index in [0.717, 1.165) is 11.0 Å². The topological polar surface area (TPSA) is 76.1 Å². The Morgan fingerprint density at radius 1 is 1.12 bits per heavy atom. The molecule has 2 aliphatic heterocycles. The van der Waals surface area contributed by atoms with Crippen LogP contribution in [0.25, 0.3) is 0 Å². The van der Waals surface area contributed by atoms with E-state index < -0.39 is 7.12 Å². The average molecular weight is 337 g/mol. The van der Waals surface area contributed by atoms with Crippen LogP contribution in [-0.2, 0) is 11.3 Å². The number of carbonyl (C=O) groups excluding carboxylic acids is 2. The average Bonchev–Trinajstić information content (AvgIpc) is 3.11. The van der Waals surface area contributed by atoms with Gasteiger partial charge in [0.25, 0.3) is 11.8 Å². The first kappa shape index (κ1) is 15.9. The van der Waals surface area contributed by atoms with E-state index in [4.69, 9.17) is 9.39 Å². The van der Waals surface area contributed by atoms with Crippen molar-refractivity contribution in [3.05, 3.63) is 59.2 Å². The molecule has 0 aliphatic carbocycles. The Bertz CT molecular complexity index is 818. The lowest BCUT2D eigenvalue weighted by molar-refractivity contribution is 0.0646. The minimum absolute atomic E-state index is 0.246. The van der Waals surface area contributed by atoms with Gasteiger partial charge in [0.1, 0.15) is 5.75 Å². The van der Waals surface area contributed by atoms with Crippen LogP contribution in [0.15, 0.2) is 42.5 Å². The van der Waals surface area contributed by atoms with E-state index >= 15 is 0 Å². The maximum absolute atomic E-state index is 12.3. The second kappa shape index (κ2) is 6.35. The van der Waals surface area contributed by atoms with Gasteiger partial charge < -0.3 is 14.4 Å². The zero-order valence-corrected chi connectivity index (χ0v) is 13.5. The van der Waals surface area contributed by atoms with Gasteiger partial charge in [0.05, 0.1) is 24.3 Å². The summed E-state index contributed by atoms with van der Waals surface area (Å²) < 4.78 is 10.8. The molecule has 0 atom stereocenters. The van der Waals surface area contributed by atoms with Gasteiger partial charge in [0, 0.05) is 6.54 Å². The Hall–Kier alpha value is -2.64. The summed E-state index contributed by atoms with van der Waals surface area (Å²) in [6, 6.07) is 12.3. The predicted octanol–water partition coefficient (Wildman–Crippen LogP) is 0.969. The van der Waals surface area contributed by atoms with Gasteiger partial charge in [-0.25, -0.2) is 0 Å². The summed E-state index contributed by atoms with van der Waals surface area (Å²) in [5, 5.41) is 9.60. The van der Waals surface area contributed by atoms with Crippen molar-refractivity contribution in [1.82, 2.24) is 4.90 Å². The van der Waals surface area contributed by atoms with E-state index in [1.165, 1.54) is 4.90 Å². The fourth-order valence-corrected chi connectivity index (χ4v) is 3.15. The van der Waals surface area contributed by atoms with E-state index in [2.05, 4.69) is 0 Å². The minimum Gasteiger partial charge on any atom is -0.494 e. The fourth-order valence-electron chi connectivity index (χ4n) is 3.15. The van der Waals surface area contributed by atoms with Gasteiger partial charge >= 0.3 is 7.12 Å². The molecule has 0 fully saturated rings. The Morgan fingerprint density at radius 3 is 2.56 bits per heavy atom. The summed E-state index contributed by atoms with van der Waals surface area (Å²) in [5.74, 6) is 0.187. The number of ether oxygens (including phenoxy) is 1. The quantitative estimate of drug-likeness (QED) is 0.500. The van der Waals surface area contributed by atoms with Crippen molar-refractivity contribution in [1.29, 1.82) is 0 Å². The number of fused-ring (bicyclic) bond motifs is 2. The number of carbonyl (C=O) groups is 2.